The van der Waals surface area contributed by atoms with Gasteiger partial charge in [0.25, 0.3) is 0 Å². The normalized spacial score (nSPS) is 13.3. The number of methoxy groups -OCH3 is 1. The van der Waals surface area contributed by atoms with Gasteiger partial charge in [-0.15, -0.1) is 0 Å². The topological polar surface area (TPSA) is 38.3 Å². The van der Waals surface area contributed by atoms with E-state index in [1.54, 1.807) is 13.8 Å². The zero-order chi connectivity index (χ0) is 15.3. The number of hydrogen-bond acceptors (Lipinski definition) is 3. The fraction of sp³-hybridized carbons (Fsp3) is 0.500. The zero-order valence-electron chi connectivity index (χ0n) is 11.6. The zero-order valence-corrected chi connectivity index (χ0v) is 11.6. The van der Waals surface area contributed by atoms with Gasteiger partial charge in [-0.3, -0.25) is 4.79 Å². The molecule has 6 heteroatoms. The number of benzene rings is 1. The minimum atomic E-state index is -4.41. The van der Waals surface area contributed by atoms with E-state index >= 15 is 0 Å². The van der Waals surface area contributed by atoms with E-state index in [0.29, 0.717) is 0 Å². The molecule has 0 amide bonds. The van der Waals surface area contributed by atoms with Gasteiger partial charge >= 0.3 is 12.1 Å². The molecule has 3 nitrogen and oxygen atoms in total. The Morgan fingerprint density at radius 3 is 2.40 bits per heavy atom. The molecule has 0 aliphatic carbocycles. The summed E-state index contributed by atoms with van der Waals surface area (Å²) in [5, 5.41) is 2.82. The van der Waals surface area contributed by atoms with E-state index in [0.717, 1.165) is 6.07 Å². The van der Waals surface area contributed by atoms with Crippen LogP contribution in [-0.2, 0) is 22.3 Å². The number of hydrogen-bond donors (Lipinski definition) is 1. The Hall–Kier alpha value is -1.56. The third kappa shape index (κ3) is 4.23. The van der Waals surface area contributed by atoms with Crippen LogP contribution >= 0.6 is 0 Å². The molecular weight excluding hydrogens is 271 g/mol. The molecule has 0 unspecified atom stereocenters. The van der Waals surface area contributed by atoms with E-state index in [9.17, 15) is 18.0 Å². The maximum atomic E-state index is 12.8. The van der Waals surface area contributed by atoms with Crippen molar-refractivity contribution in [2.75, 3.05) is 7.11 Å². The number of esters is 1. The van der Waals surface area contributed by atoms with Crippen LogP contribution in [-0.4, -0.2) is 19.1 Å². The van der Waals surface area contributed by atoms with E-state index in [1.165, 1.54) is 25.3 Å². The summed E-state index contributed by atoms with van der Waals surface area (Å²) in [6.45, 7) is 3.54. The molecule has 0 fully saturated rings. The third-order valence-corrected chi connectivity index (χ3v) is 2.96. The van der Waals surface area contributed by atoms with Gasteiger partial charge in [-0.05, 0) is 17.5 Å². The predicted octanol–water partition coefficient (Wildman–Crippen LogP) is 2.99. The van der Waals surface area contributed by atoms with Gasteiger partial charge in [-0.25, -0.2) is 0 Å². The standard InChI is InChI=1S/C14H18F3NO2/c1-9(2)12(13(19)20-3)18-8-10-6-4-5-7-11(10)14(15,16)17/h4-7,9,12,18H,8H2,1-3H3/t12-/m0/s1. The number of halogens is 3. The van der Waals surface area contributed by atoms with E-state index in [1.807, 2.05) is 0 Å². The van der Waals surface area contributed by atoms with Gasteiger partial charge in [0.2, 0.25) is 0 Å². The monoisotopic (exact) mass is 289 g/mol. The predicted molar refractivity (Wildman–Crippen MR) is 68.9 cm³/mol. The lowest BCUT2D eigenvalue weighted by Crippen LogP contribution is -2.41. The molecule has 20 heavy (non-hydrogen) atoms. The van der Waals surface area contributed by atoms with Crippen molar-refractivity contribution < 1.29 is 22.7 Å². The molecule has 0 aliphatic heterocycles. The Labute approximate surface area is 116 Å². The Bertz CT molecular complexity index is 458. The highest BCUT2D eigenvalue weighted by atomic mass is 19.4. The number of alkyl halides is 3. The summed E-state index contributed by atoms with van der Waals surface area (Å²) in [6, 6.07) is 4.66. The minimum Gasteiger partial charge on any atom is -0.468 e. The van der Waals surface area contributed by atoms with E-state index in [4.69, 9.17) is 0 Å². The van der Waals surface area contributed by atoms with Crippen molar-refractivity contribution in [2.45, 2.75) is 32.6 Å². The molecule has 1 N–H and O–H groups in total. The highest BCUT2D eigenvalue weighted by Gasteiger charge is 2.33. The molecule has 0 aliphatic rings. The summed E-state index contributed by atoms with van der Waals surface area (Å²) >= 11 is 0. The maximum Gasteiger partial charge on any atom is 0.416 e. The summed E-state index contributed by atoms with van der Waals surface area (Å²) in [5.74, 6) is -0.565. The summed E-state index contributed by atoms with van der Waals surface area (Å²) in [5.41, 5.74) is -0.588. The third-order valence-electron chi connectivity index (χ3n) is 2.96. The fourth-order valence-corrected chi connectivity index (χ4v) is 1.89. The smallest absolute Gasteiger partial charge is 0.416 e. The van der Waals surface area contributed by atoms with Crippen molar-refractivity contribution >= 4 is 5.97 Å². The lowest BCUT2D eigenvalue weighted by Gasteiger charge is -2.21. The van der Waals surface area contributed by atoms with Crippen molar-refractivity contribution in [3.63, 3.8) is 0 Å². The molecule has 1 rings (SSSR count). The van der Waals surface area contributed by atoms with Crippen LogP contribution in [0.3, 0.4) is 0 Å². The van der Waals surface area contributed by atoms with Crippen molar-refractivity contribution in [2.24, 2.45) is 5.92 Å². The lowest BCUT2D eigenvalue weighted by atomic mass is 10.0. The molecule has 1 atom stereocenters. The summed E-state index contributed by atoms with van der Waals surface area (Å²) in [6.07, 6.45) is -4.41. The average Bonchev–Trinajstić information content (AvgIpc) is 2.37. The molecule has 1 aromatic carbocycles. The van der Waals surface area contributed by atoms with Crippen LogP contribution in [0.15, 0.2) is 24.3 Å². The summed E-state index contributed by atoms with van der Waals surface area (Å²) in [7, 11) is 1.25. The second-order valence-electron chi connectivity index (χ2n) is 4.78. The van der Waals surface area contributed by atoms with Gasteiger partial charge in [0.1, 0.15) is 6.04 Å². The van der Waals surface area contributed by atoms with Crippen LogP contribution in [0.4, 0.5) is 13.2 Å². The van der Waals surface area contributed by atoms with Gasteiger partial charge in [0.15, 0.2) is 0 Å². The molecule has 0 saturated heterocycles. The largest absolute Gasteiger partial charge is 0.468 e. The number of carbonyl (C=O) groups excluding carboxylic acids is 1. The first-order valence-corrected chi connectivity index (χ1v) is 6.23. The Morgan fingerprint density at radius 2 is 1.90 bits per heavy atom. The SMILES string of the molecule is COC(=O)[C@@H](NCc1ccccc1C(F)(F)F)C(C)C. The van der Waals surface area contributed by atoms with Crippen LogP contribution in [0, 0.1) is 5.92 Å². The van der Waals surface area contributed by atoms with Crippen molar-refractivity contribution in [3.05, 3.63) is 35.4 Å². The van der Waals surface area contributed by atoms with Crippen molar-refractivity contribution in [1.82, 2.24) is 5.32 Å². The molecule has 0 heterocycles. The van der Waals surface area contributed by atoms with Crippen LogP contribution < -0.4 is 5.32 Å². The first kappa shape index (κ1) is 16.5. The number of nitrogens with one attached hydrogen (secondary N) is 1. The quantitative estimate of drug-likeness (QED) is 0.847. The average molecular weight is 289 g/mol. The Balaban J connectivity index is 2.86. The molecule has 0 radical (unpaired) electrons. The minimum absolute atomic E-state index is 0.0480. The van der Waals surface area contributed by atoms with Gasteiger partial charge < -0.3 is 10.1 Å². The lowest BCUT2D eigenvalue weighted by molar-refractivity contribution is -0.144. The van der Waals surface area contributed by atoms with E-state index in [2.05, 4.69) is 10.1 Å². The van der Waals surface area contributed by atoms with Gasteiger partial charge in [-0.2, -0.15) is 13.2 Å². The first-order chi connectivity index (χ1) is 9.27. The second-order valence-corrected chi connectivity index (χ2v) is 4.78. The van der Waals surface area contributed by atoms with E-state index in [-0.39, 0.29) is 18.0 Å². The number of rotatable bonds is 5. The van der Waals surface area contributed by atoms with Crippen molar-refractivity contribution in [3.8, 4) is 0 Å². The van der Waals surface area contributed by atoms with Crippen LogP contribution in [0.2, 0.25) is 0 Å². The highest BCUT2D eigenvalue weighted by molar-refractivity contribution is 5.75. The van der Waals surface area contributed by atoms with Crippen molar-refractivity contribution in [1.29, 1.82) is 0 Å². The second kappa shape index (κ2) is 6.74. The molecule has 112 valence electrons. The summed E-state index contributed by atoms with van der Waals surface area (Å²) in [4.78, 5) is 11.5. The molecule has 0 aromatic heterocycles. The maximum absolute atomic E-state index is 12.8. The number of carbonyl (C=O) groups is 1. The van der Waals surface area contributed by atoms with Gasteiger partial charge in [0, 0.05) is 6.54 Å². The van der Waals surface area contributed by atoms with Crippen LogP contribution in [0.1, 0.15) is 25.0 Å². The summed E-state index contributed by atoms with van der Waals surface area (Å²) < 4.78 is 43.1. The van der Waals surface area contributed by atoms with Crippen LogP contribution in [0.5, 0.6) is 0 Å². The van der Waals surface area contributed by atoms with E-state index < -0.39 is 23.8 Å². The molecular formula is C14H18F3NO2. The molecule has 0 bridgehead atoms. The Kier molecular flexibility index (Phi) is 5.56. The fourth-order valence-electron chi connectivity index (χ4n) is 1.89. The highest BCUT2D eigenvalue weighted by Crippen LogP contribution is 2.31. The van der Waals surface area contributed by atoms with Crippen LogP contribution in [0.25, 0.3) is 0 Å². The molecule has 0 saturated carbocycles. The van der Waals surface area contributed by atoms with Gasteiger partial charge in [-0.1, -0.05) is 32.0 Å². The van der Waals surface area contributed by atoms with Gasteiger partial charge in [0.05, 0.1) is 12.7 Å². The Morgan fingerprint density at radius 1 is 1.30 bits per heavy atom. The molecule has 1 aromatic rings. The molecule has 0 spiro atoms. The first-order valence-electron chi connectivity index (χ1n) is 6.23. The number of ether oxygens (including phenoxy) is 1.